The molecule has 0 spiro atoms. The molecule has 0 saturated heterocycles. The monoisotopic (exact) mass is 309 g/mol. The SMILES string of the molecule is CCc1nc2cc(C)ccn2c1C(=O)Nc1ccc(O)cc1C. The average Bonchev–Trinajstić information content (AvgIpc) is 2.87. The van der Waals surface area contributed by atoms with Crippen LogP contribution in [0.15, 0.2) is 36.5 Å². The zero-order chi connectivity index (χ0) is 16.6. The lowest BCUT2D eigenvalue weighted by atomic mass is 10.1. The van der Waals surface area contributed by atoms with Crippen LogP contribution in [-0.4, -0.2) is 20.4 Å². The van der Waals surface area contributed by atoms with E-state index < -0.39 is 0 Å². The Morgan fingerprint density at radius 1 is 1.26 bits per heavy atom. The van der Waals surface area contributed by atoms with Crippen molar-refractivity contribution in [1.82, 2.24) is 9.38 Å². The quantitative estimate of drug-likeness (QED) is 0.728. The second-order valence-electron chi connectivity index (χ2n) is 5.65. The van der Waals surface area contributed by atoms with Crippen molar-refractivity contribution in [3.63, 3.8) is 0 Å². The summed E-state index contributed by atoms with van der Waals surface area (Å²) in [6, 6.07) is 8.79. The summed E-state index contributed by atoms with van der Waals surface area (Å²) in [5.41, 5.74) is 4.68. The van der Waals surface area contributed by atoms with Crippen LogP contribution >= 0.6 is 0 Å². The maximum absolute atomic E-state index is 12.8. The highest BCUT2D eigenvalue weighted by Crippen LogP contribution is 2.22. The summed E-state index contributed by atoms with van der Waals surface area (Å²) >= 11 is 0. The van der Waals surface area contributed by atoms with Crippen LogP contribution in [0.3, 0.4) is 0 Å². The molecule has 3 aromatic rings. The van der Waals surface area contributed by atoms with Gasteiger partial charge in [0.25, 0.3) is 5.91 Å². The molecule has 0 radical (unpaired) electrons. The Morgan fingerprint density at radius 3 is 2.74 bits per heavy atom. The molecular formula is C18H19N3O2. The van der Waals surface area contributed by atoms with E-state index in [0.29, 0.717) is 17.8 Å². The van der Waals surface area contributed by atoms with Crippen LogP contribution in [0.1, 0.15) is 34.2 Å². The number of carbonyl (C=O) groups is 1. The van der Waals surface area contributed by atoms with E-state index in [9.17, 15) is 9.90 Å². The molecule has 3 rings (SSSR count). The van der Waals surface area contributed by atoms with E-state index in [2.05, 4.69) is 10.3 Å². The number of aromatic nitrogens is 2. The van der Waals surface area contributed by atoms with Gasteiger partial charge in [-0.05, 0) is 61.7 Å². The van der Waals surface area contributed by atoms with E-state index in [1.54, 1.807) is 18.2 Å². The number of rotatable bonds is 3. The van der Waals surface area contributed by atoms with Crippen LogP contribution < -0.4 is 5.32 Å². The molecule has 23 heavy (non-hydrogen) atoms. The van der Waals surface area contributed by atoms with Crippen LogP contribution in [0.5, 0.6) is 5.75 Å². The number of amides is 1. The molecule has 0 unspecified atom stereocenters. The number of aromatic hydroxyl groups is 1. The van der Waals surface area contributed by atoms with Gasteiger partial charge in [-0.3, -0.25) is 9.20 Å². The summed E-state index contributed by atoms with van der Waals surface area (Å²) in [5, 5.41) is 12.4. The number of benzene rings is 1. The van der Waals surface area contributed by atoms with Gasteiger partial charge in [0.2, 0.25) is 0 Å². The molecule has 5 nitrogen and oxygen atoms in total. The molecule has 0 aliphatic rings. The molecule has 118 valence electrons. The fourth-order valence-electron chi connectivity index (χ4n) is 2.65. The van der Waals surface area contributed by atoms with Crippen LogP contribution in [0.2, 0.25) is 0 Å². The summed E-state index contributed by atoms with van der Waals surface area (Å²) in [4.78, 5) is 17.3. The topological polar surface area (TPSA) is 66.6 Å². The normalized spacial score (nSPS) is 10.9. The number of phenols is 1. The third-order valence-electron chi connectivity index (χ3n) is 3.86. The molecule has 0 aliphatic heterocycles. The minimum atomic E-state index is -0.202. The standard InChI is InChI=1S/C18H19N3O2/c1-4-14-17(21-8-7-11(2)9-16(21)19-14)18(23)20-15-6-5-13(22)10-12(15)3/h5-10,22H,4H2,1-3H3,(H,20,23). The van der Waals surface area contributed by atoms with Crippen molar-refractivity contribution in [3.8, 4) is 5.75 Å². The largest absolute Gasteiger partial charge is 0.508 e. The van der Waals surface area contributed by atoms with Crippen LogP contribution in [0.25, 0.3) is 5.65 Å². The third-order valence-corrected chi connectivity index (χ3v) is 3.86. The van der Waals surface area contributed by atoms with Gasteiger partial charge in [-0.25, -0.2) is 4.98 Å². The molecule has 2 aromatic heterocycles. The Labute approximate surface area is 134 Å². The van der Waals surface area contributed by atoms with Crippen molar-refractivity contribution in [2.45, 2.75) is 27.2 Å². The molecule has 0 saturated carbocycles. The van der Waals surface area contributed by atoms with Gasteiger partial charge < -0.3 is 10.4 Å². The first-order valence-electron chi connectivity index (χ1n) is 7.58. The number of nitrogens with one attached hydrogen (secondary N) is 1. The van der Waals surface area contributed by atoms with Gasteiger partial charge >= 0.3 is 0 Å². The van der Waals surface area contributed by atoms with E-state index in [0.717, 1.165) is 22.5 Å². The Kier molecular flexibility index (Phi) is 3.78. The number of carbonyl (C=O) groups excluding carboxylic acids is 1. The zero-order valence-electron chi connectivity index (χ0n) is 13.4. The van der Waals surface area contributed by atoms with Crippen molar-refractivity contribution < 1.29 is 9.90 Å². The molecule has 0 fully saturated rings. The maximum Gasteiger partial charge on any atom is 0.274 e. The molecule has 0 atom stereocenters. The molecular weight excluding hydrogens is 290 g/mol. The predicted octanol–water partition coefficient (Wildman–Crippen LogP) is 3.47. The van der Waals surface area contributed by atoms with Crippen LogP contribution in [-0.2, 0) is 6.42 Å². The van der Waals surface area contributed by atoms with Crippen molar-refractivity contribution in [2.24, 2.45) is 0 Å². The maximum atomic E-state index is 12.8. The second kappa shape index (κ2) is 5.76. The molecule has 5 heteroatoms. The fraction of sp³-hybridized carbons (Fsp3) is 0.222. The number of hydrogen-bond donors (Lipinski definition) is 2. The number of aryl methyl sites for hydroxylation is 3. The lowest BCUT2D eigenvalue weighted by Crippen LogP contribution is -2.16. The summed E-state index contributed by atoms with van der Waals surface area (Å²) in [6.45, 7) is 5.82. The fourth-order valence-corrected chi connectivity index (χ4v) is 2.65. The van der Waals surface area contributed by atoms with Gasteiger partial charge in [0.05, 0.1) is 5.69 Å². The Hall–Kier alpha value is -2.82. The van der Waals surface area contributed by atoms with Crippen molar-refractivity contribution >= 4 is 17.2 Å². The number of hydrogen-bond acceptors (Lipinski definition) is 3. The molecule has 2 N–H and O–H groups in total. The first-order valence-corrected chi connectivity index (χ1v) is 7.58. The molecule has 1 amide bonds. The molecule has 2 heterocycles. The smallest absolute Gasteiger partial charge is 0.274 e. The van der Waals surface area contributed by atoms with Crippen molar-refractivity contribution in [3.05, 3.63) is 59.0 Å². The summed E-state index contributed by atoms with van der Waals surface area (Å²) in [5.74, 6) is -0.0213. The van der Waals surface area contributed by atoms with E-state index >= 15 is 0 Å². The molecule has 0 bridgehead atoms. The number of nitrogens with zero attached hydrogens (tertiary/aromatic N) is 2. The highest BCUT2D eigenvalue weighted by molar-refractivity contribution is 6.05. The summed E-state index contributed by atoms with van der Waals surface area (Å²) in [6.07, 6.45) is 2.55. The van der Waals surface area contributed by atoms with Crippen molar-refractivity contribution in [2.75, 3.05) is 5.32 Å². The number of anilines is 1. The lowest BCUT2D eigenvalue weighted by Gasteiger charge is -2.09. The number of imidazole rings is 1. The van der Waals surface area contributed by atoms with Gasteiger partial charge in [0, 0.05) is 11.9 Å². The molecule has 0 aliphatic carbocycles. The van der Waals surface area contributed by atoms with Gasteiger partial charge in [-0.1, -0.05) is 6.92 Å². The minimum Gasteiger partial charge on any atom is -0.508 e. The van der Waals surface area contributed by atoms with Crippen LogP contribution in [0.4, 0.5) is 5.69 Å². The Morgan fingerprint density at radius 2 is 2.04 bits per heavy atom. The first kappa shape index (κ1) is 15.1. The second-order valence-corrected chi connectivity index (χ2v) is 5.65. The van der Waals surface area contributed by atoms with Gasteiger partial charge in [0.1, 0.15) is 17.1 Å². The lowest BCUT2D eigenvalue weighted by molar-refractivity contribution is 0.102. The summed E-state index contributed by atoms with van der Waals surface area (Å²) in [7, 11) is 0. The zero-order valence-corrected chi connectivity index (χ0v) is 13.4. The number of fused-ring (bicyclic) bond motifs is 1. The summed E-state index contributed by atoms with van der Waals surface area (Å²) < 4.78 is 1.82. The minimum absolute atomic E-state index is 0.181. The first-order chi connectivity index (χ1) is 11.0. The number of pyridine rings is 1. The predicted molar refractivity (Wildman–Crippen MR) is 90.1 cm³/mol. The average molecular weight is 309 g/mol. The van der Waals surface area contributed by atoms with E-state index in [1.807, 2.05) is 43.5 Å². The highest BCUT2D eigenvalue weighted by atomic mass is 16.3. The third kappa shape index (κ3) is 2.77. The van der Waals surface area contributed by atoms with Crippen molar-refractivity contribution in [1.29, 1.82) is 0 Å². The van der Waals surface area contributed by atoms with E-state index in [-0.39, 0.29) is 11.7 Å². The van der Waals surface area contributed by atoms with Gasteiger partial charge in [-0.15, -0.1) is 0 Å². The van der Waals surface area contributed by atoms with Gasteiger partial charge in [0.15, 0.2) is 0 Å². The van der Waals surface area contributed by atoms with Crippen LogP contribution in [0, 0.1) is 13.8 Å². The Balaban J connectivity index is 2.03. The number of phenolic OH excluding ortho intramolecular Hbond substituents is 1. The molecule has 1 aromatic carbocycles. The van der Waals surface area contributed by atoms with Gasteiger partial charge in [-0.2, -0.15) is 0 Å². The highest BCUT2D eigenvalue weighted by Gasteiger charge is 2.19. The van der Waals surface area contributed by atoms with E-state index in [4.69, 9.17) is 0 Å². The Bertz CT molecular complexity index is 897. The van der Waals surface area contributed by atoms with E-state index in [1.165, 1.54) is 0 Å².